The Kier molecular flexibility index (Phi) is 16.7. The van der Waals surface area contributed by atoms with Crippen molar-refractivity contribution >= 4 is 5.11 Å². The summed E-state index contributed by atoms with van der Waals surface area (Å²) >= 11 is 2.30. The molecule has 0 saturated heterocycles. The van der Waals surface area contributed by atoms with E-state index in [1.807, 2.05) is 60.7 Å². The molecule has 2 heteroatoms. The molecule has 0 aliphatic heterocycles. The summed E-state index contributed by atoms with van der Waals surface area (Å²) in [7, 11) is 0. The van der Waals surface area contributed by atoms with Crippen LogP contribution in [-0.2, 0) is 34.9 Å². The van der Waals surface area contributed by atoms with Crippen molar-refractivity contribution in [2.24, 2.45) is 0 Å². The summed E-state index contributed by atoms with van der Waals surface area (Å²) in [6, 6.07) is 20.0. The van der Waals surface area contributed by atoms with Gasteiger partial charge in [0.2, 0.25) is 0 Å². The van der Waals surface area contributed by atoms with Gasteiger partial charge in [0.25, 0.3) is 0 Å². The van der Waals surface area contributed by atoms with Gasteiger partial charge >= 0.3 is 40.0 Å². The van der Waals surface area contributed by atoms with Crippen LogP contribution in [0.25, 0.3) is 0 Å². The van der Waals surface area contributed by atoms with E-state index >= 15 is 0 Å². The van der Waals surface area contributed by atoms with Gasteiger partial charge in [-0.2, -0.15) is 36.4 Å². The first-order chi connectivity index (χ1) is 6.00. The van der Waals surface area contributed by atoms with Crippen LogP contribution < -0.4 is 0 Å². The first kappa shape index (κ1) is 15.2. The summed E-state index contributed by atoms with van der Waals surface area (Å²) in [5.41, 5.74) is 0. The third-order valence-corrected chi connectivity index (χ3v) is 1.11. The second-order valence-corrected chi connectivity index (χ2v) is 1.92. The predicted octanol–water partition coefficient (Wildman–Crippen LogP) is 2.77. The Hall–Kier alpha value is -0.287. The fourth-order valence-corrected chi connectivity index (χ4v) is 0.642. The summed E-state index contributed by atoms with van der Waals surface area (Å²) in [6.45, 7) is 0. The molecular weight excluding hydrogens is 291 g/mol. The quantitative estimate of drug-likeness (QED) is 0.518. The van der Waals surface area contributed by atoms with E-state index in [0.717, 1.165) is 0 Å². The first-order valence-corrected chi connectivity index (χ1v) is 4.73. The molecule has 0 N–H and O–H groups in total. The Morgan fingerprint density at radius 3 is 1.00 bits per heavy atom. The molecular formula is C11H12FeRh+. The number of hydrogen-bond acceptors (Lipinski definition) is 0. The van der Waals surface area contributed by atoms with Crippen LogP contribution in [0.5, 0.6) is 0 Å². The molecule has 0 nitrogen and oxygen atoms in total. The zero-order chi connectivity index (χ0) is 9.07. The molecule has 0 spiro atoms. The minimum absolute atomic E-state index is 0. The Morgan fingerprint density at radius 1 is 0.692 bits per heavy atom. The van der Waals surface area contributed by atoms with Gasteiger partial charge in [0, 0.05) is 0 Å². The van der Waals surface area contributed by atoms with Gasteiger partial charge in [-0.05, 0) is 0 Å². The topological polar surface area (TPSA) is 0 Å². The van der Waals surface area contributed by atoms with Crippen LogP contribution in [0.1, 0.15) is 0 Å². The van der Waals surface area contributed by atoms with Crippen molar-refractivity contribution in [3.63, 3.8) is 0 Å². The minimum atomic E-state index is 0. The molecule has 0 aliphatic carbocycles. The van der Waals surface area contributed by atoms with Crippen molar-refractivity contribution < 1.29 is 34.9 Å². The van der Waals surface area contributed by atoms with Crippen molar-refractivity contribution in [1.82, 2.24) is 0 Å². The second kappa shape index (κ2) is 14.2. The van der Waals surface area contributed by atoms with Crippen molar-refractivity contribution in [1.29, 1.82) is 0 Å². The van der Waals surface area contributed by atoms with Gasteiger partial charge in [0.1, 0.15) is 0 Å². The maximum Gasteiger partial charge on any atom is 3.00 e. The van der Waals surface area contributed by atoms with Crippen LogP contribution in [0.15, 0.2) is 60.7 Å². The Morgan fingerprint density at radius 2 is 0.923 bits per heavy atom. The predicted molar refractivity (Wildman–Crippen MR) is 51.2 cm³/mol. The van der Waals surface area contributed by atoms with Crippen molar-refractivity contribution in [3.8, 4) is 0 Å². The van der Waals surface area contributed by atoms with Gasteiger partial charge < -0.3 is 0 Å². The molecule has 0 fully saturated rings. The average molecular weight is 303 g/mol. The SMILES string of the molecule is [CH2]=[Rh].[Fe+3].c1cc[cH-]c1.c1cc[cH-]c1. The van der Waals surface area contributed by atoms with Crippen molar-refractivity contribution in [2.75, 3.05) is 0 Å². The summed E-state index contributed by atoms with van der Waals surface area (Å²) in [5.74, 6) is 0. The summed E-state index contributed by atoms with van der Waals surface area (Å²) in [4.78, 5) is 0. The number of hydrogen-bond donors (Lipinski definition) is 0. The van der Waals surface area contributed by atoms with Crippen LogP contribution >= 0.6 is 0 Å². The zero-order valence-corrected chi connectivity index (χ0v) is 9.91. The molecule has 0 bridgehead atoms. The summed E-state index contributed by atoms with van der Waals surface area (Å²) in [6.07, 6.45) is 0. The van der Waals surface area contributed by atoms with Crippen molar-refractivity contribution in [2.45, 2.75) is 0 Å². The monoisotopic (exact) mass is 303 g/mol. The van der Waals surface area contributed by atoms with Gasteiger partial charge in [-0.15, -0.1) is 0 Å². The zero-order valence-electron chi connectivity index (χ0n) is 7.17. The Labute approximate surface area is 100 Å². The molecule has 13 heavy (non-hydrogen) atoms. The van der Waals surface area contributed by atoms with Crippen LogP contribution in [-0.4, -0.2) is 5.11 Å². The largest absolute Gasteiger partial charge is 3.00 e. The molecule has 0 aromatic heterocycles. The third-order valence-electron chi connectivity index (χ3n) is 1.11. The van der Waals surface area contributed by atoms with Crippen LogP contribution in [0.3, 0.4) is 0 Å². The molecule has 0 unspecified atom stereocenters. The molecule has 0 heterocycles. The molecule has 0 saturated carbocycles. The molecule has 0 aliphatic rings. The molecule has 0 atom stereocenters. The Balaban J connectivity index is 0. The maximum atomic E-state index is 3.14. The second-order valence-electron chi connectivity index (χ2n) is 1.92. The normalized spacial score (nSPS) is 6.54. The van der Waals surface area contributed by atoms with E-state index in [4.69, 9.17) is 0 Å². The third kappa shape index (κ3) is 11.7. The van der Waals surface area contributed by atoms with Gasteiger partial charge in [-0.1, -0.05) is 0 Å². The fourth-order valence-electron chi connectivity index (χ4n) is 0.642. The molecule has 72 valence electrons. The van der Waals surface area contributed by atoms with E-state index in [1.165, 1.54) is 0 Å². The van der Waals surface area contributed by atoms with Crippen molar-refractivity contribution in [3.05, 3.63) is 60.7 Å². The van der Waals surface area contributed by atoms with E-state index in [0.29, 0.717) is 0 Å². The van der Waals surface area contributed by atoms with E-state index in [9.17, 15) is 0 Å². The number of rotatable bonds is 0. The standard InChI is InChI=1S/2C5H5.CH2.Fe.Rh/c2*1-2-4-5-3-1;;;/h2*1-5H;1H2;;/q2*-1;;+3;. The Bertz CT molecular complexity index is 162. The van der Waals surface area contributed by atoms with Crippen LogP contribution in [0.4, 0.5) is 0 Å². The molecule has 0 amide bonds. The first-order valence-electron chi connectivity index (χ1n) is 3.57. The molecule has 2 aromatic carbocycles. The van der Waals surface area contributed by atoms with Gasteiger partial charge in [-0.25, -0.2) is 24.3 Å². The van der Waals surface area contributed by atoms with Gasteiger partial charge in [0.15, 0.2) is 0 Å². The fraction of sp³-hybridized carbons (Fsp3) is 0. The smallest absolute Gasteiger partial charge is 0.214 e. The van der Waals surface area contributed by atoms with E-state index in [-0.39, 0.29) is 17.1 Å². The van der Waals surface area contributed by atoms with Gasteiger partial charge in [0.05, 0.1) is 0 Å². The summed E-state index contributed by atoms with van der Waals surface area (Å²) < 4.78 is 0. The maximum absolute atomic E-state index is 3.14. The van der Waals surface area contributed by atoms with E-state index in [1.54, 1.807) is 0 Å². The van der Waals surface area contributed by atoms with Crippen LogP contribution in [0, 0.1) is 0 Å². The minimum Gasteiger partial charge on any atom is -0.214 e. The molecule has 1 radical (unpaired) electrons. The molecule has 2 aromatic rings. The van der Waals surface area contributed by atoms with E-state index < -0.39 is 0 Å². The summed E-state index contributed by atoms with van der Waals surface area (Å²) in [5, 5.41) is 3.14. The van der Waals surface area contributed by atoms with Crippen LogP contribution in [0.2, 0.25) is 0 Å². The van der Waals surface area contributed by atoms with Gasteiger partial charge in [-0.3, -0.25) is 0 Å². The van der Waals surface area contributed by atoms with E-state index in [2.05, 4.69) is 23.0 Å². The average Bonchev–Trinajstić information content (AvgIpc) is 2.87. The molecule has 2 rings (SSSR count).